The van der Waals surface area contributed by atoms with Gasteiger partial charge in [0.25, 0.3) is 0 Å². The van der Waals surface area contributed by atoms with Gasteiger partial charge in [0.2, 0.25) is 0 Å². The second-order valence-corrected chi connectivity index (χ2v) is 3.03. The van der Waals surface area contributed by atoms with E-state index in [1.807, 2.05) is 19.1 Å². The number of ether oxygens (including phenoxy) is 2. The van der Waals surface area contributed by atoms with E-state index in [1.54, 1.807) is 25.3 Å². The van der Waals surface area contributed by atoms with Crippen LogP contribution in [0, 0.1) is 0 Å². The van der Waals surface area contributed by atoms with Crippen LogP contribution in [0.1, 0.15) is 12.5 Å². The maximum absolute atomic E-state index is 11.1. The highest BCUT2D eigenvalue weighted by molar-refractivity contribution is 5.84. The largest absolute Gasteiger partial charge is 0.497 e. The first-order chi connectivity index (χ1) is 7.71. The fourth-order valence-corrected chi connectivity index (χ4v) is 1.21. The number of esters is 1. The van der Waals surface area contributed by atoms with Gasteiger partial charge in [-0.15, -0.1) is 0 Å². The summed E-state index contributed by atoms with van der Waals surface area (Å²) < 4.78 is 10.2. The molecule has 1 rings (SSSR count). The van der Waals surface area contributed by atoms with Crippen molar-refractivity contribution in [2.75, 3.05) is 7.11 Å². The fourth-order valence-electron chi connectivity index (χ4n) is 1.21. The molecule has 84 valence electrons. The summed E-state index contributed by atoms with van der Waals surface area (Å²) in [6.45, 7) is 5.24. The molecule has 0 N–H and O–H groups in total. The van der Waals surface area contributed by atoms with Crippen LogP contribution in [-0.2, 0) is 4.79 Å². The Morgan fingerprint density at radius 1 is 1.44 bits per heavy atom. The number of hydrogen-bond donors (Lipinski definition) is 0. The summed E-state index contributed by atoms with van der Waals surface area (Å²) in [5.41, 5.74) is 0.789. The topological polar surface area (TPSA) is 35.5 Å². The van der Waals surface area contributed by atoms with E-state index in [0.717, 1.165) is 11.6 Å². The van der Waals surface area contributed by atoms with E-state index in [9.17, 15) is 4.79 Å². The molecule has 0 aliphatic rings. The minimum Gasteiger partial charge on any atom is -0.497 e. The van der Waals surface area contributed by atoms with Gasteiger partial charge in [-0.25, -0.2) is 4.79 Å². The van der Waals surface area contributed by atoms with E-state index >= 15 is 0 Å². The van der Waals surface area contributed by atoms with Crippen molar-refractivity contribution in [1.29, 1.82) is 0 Å². The first-order valence-electron chi connectivity index (χ1n) is 4.86. The van der Waals surface area contributed by atoms with Crippen LogP contribution in [0.15, 0.2) is 36.9 Å². The van der Waals surface area contributed by atoms with Crippen molar-refractivity contribution in [2.45, 2.75) is 6.92 Å². The molecule has 0 spiro atoms. The maximum Gasteiger partial charge on any atom is 0.335 e. The lowest BCUT2D eigenvalue weighted by molar-refractivity contribution is -0.128. The number of hydrogen-bond acceptors (Lipinski definition) is 3. The molecule has 0 atom stereocenters. The Hall–Kier alpha value is -2.03. The Morgan fingerprint density at radius 3 is 2.75 bits per heavy atom. The molecule has 0 amide bonds. The first-order valence-corrected chi connectivity index (χ1v) is 4.86. The van der Waals surface area contributed by atoms with E-state index in [4.69, 9.17) is 9.47 Å². The second-order valence-electron chi connectivity index (χ2n) is 3.03. The number of carbonyl (C=O) groups is 1. The van der Waals surface area contributed by atoms with Crippen molar-refractivity contribution in [1.82, 2.24) is 0 Å². The molecule has 0 radical (unpaired) electrons. The highest BCUT2D eigenvalue weighted by Gasteiger charge is 2.06. The third kappa shape index (κ3) is 2.98. The minimum atomic E-state index is -0.476. The normalized spacial score (nSPS) is 10.1. The summed E-state index contributed by atoms with van der Waals surface area (Å²) in [7, 11) is 1.59. The zero-order valence-electron chi connectivity index (χ0n) is 9.40. The highest BCUT2D eigenvalue weighted by Crippen LogP contribution is 2.25. The number of methoxy groups -OCH3 is 1. The van der Waals surface area contributed by atoms with Gasteiger partial charge in [0.05, 0.1) is 7.11 Å². The van der Waals surface area contributed by atoms with Gasteiger partial charge in [-0.3, -0.25) is 0 Å². The van der Waals surface area contributed by atoms with Crippen LogP contribution in [0.4, 0.5) is 0 Å². The lowest BCUT2D eigenvalue weighted by atomic mass is 10.2. The summed E-state index contributed by atoms with van der Waals surface area (Å²) in [4.78, 5) is 11.1. The molecular weight excluding hydrogens is 204 g/mol. The van der Waals surface area contributed by atoms with E-state index in [1.165, 1.54) is 0 Å². The van der Waals surface area contributed by atoms with Crippen molar-refractivity contribution >= 4 is 12.0 Å². The van der Waals surface area contributed by atoms with Crippen molar-refractivity contribution in [3.63, 3.8) is 0 Å². The van der Waals surface area contributed by atoms with Gasteiger partial charge >= 0.3 is 5.97 Å². The summed E-state index contributed by atoms with van der Waals surface area (Å²) >= 11 is 0. The van der Waals surface area contributed by atoms with Gasteiger partial charge in [-0.2, -0.15) is 0 Å². The molecule has 1 aromatic carbocycles. The molecule has 0 saturated carbocycles. The van der Waals surface area contributed by atoms with E-state index < -0.39 is 5.97 Å². The number of allylic oxidation sites excluding steroid dienone is 1. The molecule has 0 bridgehead atoms. The van der Waals surface area contributed by atoms with Crippen LogP contribution in [0.3, 0.4) is 0 Å². The monoisotopic (exact) mass is 218 g/mol. The molecule has 0 unspecified atom stereocenters. The molecule has 3 nitrogen and oxygen atoms in total. The van der Waals surface area contributed by atoms with Crippen LogP contribution in [0.25, 0.3) is 6.08 Å². The summed E-state index contributed by atoms with van der Waals surface area (Å²) in [6.07, 6.45) is 4.83. The molecular formula is C13H14O3. The molecule has 0 aliphatic carbocycles. The van der Waals surface area contributed by atoms with Crippen LogP contribution >= 0.6 is 0 Å². The van der Waals surface area contributed by atoms with Gasteiger partial charge in [0.1, 0.15) is 11.5 Å². The predicted molar refractivity (Wildman–Crippen MR) is 63.5 cm³/mol. The lowest BCUT2D eigenvalue weighted by Crippen LogP contribution is -2.04. The first kappa shape index (κ1) is 12.0. The zero-order valence-corrected chi connectivity index (χ0v) is 9.40. The van der Waals surface area contributed by atoms with Crippen molar-refractivity contribution < 1.29 is 14.3 Å². The maximum atomic E-state index is 11.1. The Balaban J connectivity index is 3.07. The van der Waals surface area contributed by atoms with E-state index in [-0.39, 0.29) is 0 Å². The van der Waals surface area contributed by atoms with Crippen LogP contribution in [0.2, 0.25) is 0 Å². The number of carbonyl (C=O) groups excluding carboxylic acids is 1. The van der Waals surface area contributed by atoms with Gasteiger partial charge in [-0.05, 0) is 25.1 Å². The molecule has 1 aromatic rings. The van der Waals surface area contributed by atoms with E-state index in [2.05, 4.69) is 6.58 Å². The Kier molecular flexibility index (Phi) is 4.33. The summed E-state index contributed by atoms with van der Waals surface area (Å²) in [5.74, 6) is 0.728. The molecule has 0 aliphatic heterocycles. The third-order valence-corrected chi connectivity index (χ3v) is 1.94. The van der Waals surface area contributed by atoms with Crippen molar-refractivity contribution in [2.24, 2.45) is 0 Å². The SMILES string of the molecule is C=CC(=O)Oc1ccc(OC)cc1/C=C/C. The van der Waals surface area contributed by atoms with Crippen LogP contribution in [0.5, 0.6) is 11.5 Å². The van der Waals surface area contributed by atoms with Gasteiger partial charge < -0.3 is 9.47 Å². The average molecular weight is 218 g/mol. The van der Waals surface area contributed by atoms with Crippen LogP contribution in [-0.4, -0.2) is 13.1 Å². The smallest absolute Gasteiger partial charge is 0.335 e. The Bertz CT molecular complexity index is 419. The quantitative estimate of drug-likeness (QED) is 0.443. The average Bonchev–Trinajstić information content (AvgIpc) is 2.31. The molecule has 0 heterocycles. The number of rotatable bonds is 4. The molecule has 3 heteroatoms. The van der Waals surface area contributed by atoms with Gasteiger partial charge in [0, 0.05) is 11.6 Å². The van der Waals surface area contributed by atoms with Gasteiger partial charge in [-0.1, -0.05) is 18.7 Å². The van der Waals surface area contributed by atoms with Gasteiger partial charge in [0.15, 0.2) is 0 Å². The van der Waals surface area contributed by atoms with Crippen molar-refractivity contribution in [3.8, 4) is 11.5 Å². The third-order valence-electron chi connectivity index (χ3n) is 1.94. The van der Waals surface area contributed by atoms with Crippen LogP contribution < -0.4 is 9.47 Å². The molecule has 16 heavy (non-hydrogen) atoms. The minimum absolute atomic E-state index is 0.476. The molecule has 0 aromatic heterocycles. The fraction of sp³-hybridized carbons (Fsp3) is 0.154. The summed E-state index contributed by atoms with van der Waals surface area (Å²) in [5, 5.41) is 0. The highest BCUT2D eigenvalue weighted by atomic mass is 16.5. The Labute approximate surface area is 95.0 Å². The lowest BCUT2D eigenvalue weighted by Gasteiger charge is -2.07. The summed E-state index contributed by atoms with van der Waals surface area (Å²) in [6, 6.07) is 5.22. The standard InChI is InChI=1S/C13H14O3/c1-4-6-10-9-11(15-3)7-8-12(10)16-13(14)5-2/h4-9H,2H2,1,3H3/b6-4+. The van der Waals surface area contributed by atoms with E-state index in [0.29, 0.717) is 11.5 Å². The number of benzene rings is 1. The second kappa shape index (κ2) is 5.75. The Morgan fingerprint density at radius 2 is 2.19 bits per heavy atom. The molecule has 0 fully saturated rings. The predicted octanol–water partition coefficient (Wildman–Crippen LogP) is 2.82. The molecule has 0 saturated heterocycles. The van der Waals surface area contributed by atoms with Crippen molar-refractivity contribution in [3.05, 3.63) is 42.5 Å². The zero-order chi connectivity index (χ0) is 12.0.